The van der Waals surface area contributed by atoms with Gasteiger partial charge in [0.2, 0.25) is 0 Å². The summed E-state index contributed by atoms with van der Waals surface area (Å²) in [5.41, 5.74) is 0.945. The van der Waals surface area contributed by atoms with Gasteiger partial charge in [-0.05, 0) is 25.1 Å². The Morgan fingerprint density at radius 2 is 1.62 bits per heavy atom. The second-order valence-corrected chi connectivity index (χ2v) is 6.09. The van der Waals surface area contributed by atoms with Crippen LogP contribution in [0.3, 0.4) is 0 Å². The summed E-state index contributed by atoms with van der Waals surface area (Å²) in [4.78, 5) is 32.7. The predicted octanol–water partition coefficient (Wildman–Crippen LogP) is 2.90. The average molecular weight is 344 g/mol. The van der Waals surface area contributed by atoms with Crippen molar-refractivity contribution in [1.29, 1.82) is 0 Å². The molecule has 2 heterocycles. The summed E-state index contributed by atoms with van der Waals surface area (Å²) in [5.74, 6) is 0.624. The monoisotopic (exact) mass is 343 g/mol. The number of aromatic nitrogens is 1. The van der Waals surface area contributed by atoms with Crippen molar-refractivity contribution >= 4 is 29.1 Å². The van der Waals surface area contributed by atoms with E-state index in [1.54, 1.807) is 35.2 Å². The van der Waals surface area contributed by atoms with E-state index in [2.05, 4.69) is 9.88 Å². The van der Waals surface area contributed by atoms with E-state index in [1.165, 1.54) is 6.92 Å². The van der Waals surface area contributed by atoms with Gasteiger partial charge in [0, 0.05) is 31.7 Å². The molecule has 6 heteroatoms. The van der Waals surface area contributed by atoms with E-state index in [0.717, 1.165) is 5.82 Å². The predicted molar refractivity (Wildman–Crippen MR) is 93.8 cm³/mol. The van der Waals surface area contributed by atoms with Crippen LogP contribution in [0, 0.1) is 0 Å². The van der Waals surface area contributed by atoms with E-state index in [9.17, 15) is 9.59 Å². The summed E-state index contributed by atoms with van der Waals surface area (Å²) in [6.45, 7) is 4.01. The first-order chi connectivity index (χ1) is 11.6. The SMILES string of the molecule is CC(=O)c1ccccc1C(=O)N1CCN(c2cccc(Cl)n2)CC1. The van der Waals surface area contributed by atoms with Crippen molar-refractivity contribution < 1.29 is 9.59 Å². The second kappa shape index (κ2) is 7.01. The standard InChI is InChI=1S/C18H18ClN3O2/c1-13(23)14-5-2-3-6-15(14)18(24)22-11-9-21(10-12-22)17-8-4-7-16(19)20-17/h2-8H,9-12H2,1H3. The lowest BCUT2D eigenvalue weighted by Gasteiger charge is -2.35. The Kier molecular flexibility index (Phi) is 4.81. The molecule has 124 valence electrons. The quantitative estimate of drug-likeness (QED) is 0.635. The molecule has 1 aromatic carbocycles. The second-order valence-electron chi connectivity index (χ2n) is 5.70. The number of carbonyl (C=O) groups excluding carboxylic acids is 2. The van der Waals surface area contributed by atoms with E-state index in [1.807, 2.05) is 12.1 Å². The number of benzene rings is 1. The lowest BCUT2D eigenvalue weighted by molar-refractivity contribution is 0.0742. The Balaban J connectivity index is 1.71. The molecule has 0 radical (unpaired) electrons. The van der Waals surface area contributed by atoms with Crippen molar-refractivity contribution in [2.24, 2.45) is 0 Å². The van der Waals surface area contributed by atoms with Crippen LogP contribution in [0.25, 0.3) is 0 Å². The maximum atomic E-state index is 12.7. The first-order valence-corrected chi connectivity index (χ1v) is 8.21. The van der Waals surface area contributed by atoms with Gasteiger partial charge in [0.15, 0.2) is 5.78 Å². The maximum Gasteiger partial charge on any atom is 0.254 e. The van der Waals surface area contributed by atoms with Gasteiger partial charge in [-0.2, -0.15) is 0 Å². The molecule has 1 saturated heterocycles. The minimum absolute atomic E-state index is 0.0966. The Hall–Kier alpha value is -2.40. The van der Waals surface area contributed by atoms with Crippen LogP contribution >= 0.6 is 11.6 Å². The van der Waals surface area contributed by atoms with Crippen LogP contribution in [0.15, 0.2) is 42.5 Å². The van der Waals surface area contributed by atoms with Crippen LogP contribution in [0.1, 0.15) is 27.6 Å². The number of rotatable bonds is 3. The fourth-order valence-electron chi connectivity index (χ4n) is 2.86. The highest BCUT2D eigenvalue weighted by Crippen LogP contribution is 2.18. The lowest BCUT2D eigenvalue weighted by atomic mass is 10.0. The number of hydrogen-bond acceptors (Lipinski definition) is 4. The molecule has 0 spiro atoms. The molecule has 24 heavy (non-hydrogen) atoms. The molecule has 0 aliphatic carbocycles. The van der Waals surface area contributed by atoms with Crippen LogP contribution in [-0.2, 0) is 0 Å². The van der Waals surface area contributed by atoms with Crippen molar-refractivity contribution in [3.05, 3.63) is 58.7 Å². The third-order valence-electron chi connectivity index (χ3n) is 4.13. The zero-order chi connectivity index (χ0) is 17.1. The highest BCUT2D eigenvalue weighted by atomic mass is 35.5. The number of ketones is 1. The van der Waals surface area contributed by atoms with Gasteiger partial charge in [0.1, 0.15) is 11.0 Å². The van der Waals surface area contributed by atoms with Gasteiger partial charge < -0.3 is 9.80 Å². The molecular formula is C18H18ClN3O2. The molecule has 1 aliphatic rings. The lowest BCUT2D eigenvalue weighted by Crippen LogP contribution is -2.49. The molecular weight excluding hydrogens is 326 g/mol. The number of nitrogens with zero attached hydrogens (tertiary/aromatic N) is 3. The van der Waals surface area contributed by atoms with Crippen molar-refractivity contribution in [1.82, 2.24) is 9.88 Å². The van der Waals surface area contributed by atoms with Crippen LogP contribution in [0.2, 0.25) is 5.15 Å². The number of hydrogen-bond donors (Lipinski definition) is 0. The normalized spacial score (nSPS) is 14.6. The molecule has 2 aromatic rings. The summed E-state index contributed by atoms with van der Waals surface area (Å²) in [6, 6.07) is 12.5. The molecule has 5 nitrogen and oxygen atoms in total. The zero-order valence-electron chi connectivity index (χ0n) is 13.4. The van der Waals surface area contributed by atoms with E-state index in [0.29, 0.717) is 42.5 Å². The molecule has 0 saturated carbocycles. The van der Waals surface area contributed by atoms with Gasteiger partial charge in [-0.3, -0.25) is 9.59 Å². The Labute approximate surface area is 145 Å². The van der Waals surface area contributed by atoms with Crippen molar-refractivity contribution in [3.63, 3.8) is 0 Å². The fraction of sp³-hybridized carbons (Fsp3) is 0.278. The molecule has 0 atom stereocenters. The summed E-state index contributed by atoms with van der Waals surface area (Å²) >= 11 is 5.94. The van der Waals surface area contributed by atoms with E-state index < -0.39 is 0 Å². The molecule has 0 bridgehead atoms. The molecule has 0 unspecified atom stereocenters. The topological polar surface area (TPSA) is 53.5 Å². The van der Waals surface area contributed by atoms with Gasteiger partial charge in [0.25, 0.3) is 5.91 Å². The summed E-state index contributed by atoms with van der Waals surface area (Å²) in [6.07, 6.45) is 0. The van der Waals surface area contributed by atoms with Crippen LogP contribution in [-0.4, -0.2) is 47.8 Å². The number of amides is 1. The van der Waals surface area contributed by atoms with Gasteiger partial charge in [-0.1, -0.05) is 35.9 Å². The number of Topliss-reactive ketones (excluding diaryl/α,β-unsaturated/α-hetero) is 1. The van der Waals surface area contributed by atoms with Crippen LogP contribution in [0.5, 0.6) is 0 Å². The largest absolute Gasteiger partial charge is 0.353 e. The molecule has 1 fully saturated rings. The van der Waals surface area contributed by atoms with Crippen molar-refractivity contribution in [2.45, 2.75) is 6.92 Å². The van der Waals surface area contributed by atoms with Crippen LogP contribution in [0.4, 0.5) is 5.82 Å². The molecule has 1 aromatic heterocycles. The smallest absolute Gasteiger partial charge is 0.254 e. The highest BCUT2D eigenvalue weighted by molar-refractivity contribution is 6.29. The van der Waals surface area contributed by atoms with Gasteiger partial charge in [-0.25, -0.2) is 4.98 Å². The highest BCUT2D eigenvalue weighted by Gasteiger charge is 2.25. The van der Waals surface area contributed by atoms with Crippen molar-refractivity contribution in [2.75, 3.05) is 31.1 Å². The molecule has 0 N–H and O–H groups in total. The number of carbonyl (C=O) groups is 2. The minimum Gasteiger partial charge on any atom is -0.353 e. The maximum absolute atomic E-state index is 12.7. The summed E-state index contributed by atoms with van der Waals surface area (Å²) in [5, 5.41) is 0.460. The van der Waals surface area contributed by atoms with E-state index in [-0.39, 0.29) is 11.7 Å². The van der Waals surface area contributed by atoms with Crippen molar-refractivity contribution in [3.8, 4) is 0 Å². The number of halogens is 1. The summed E-state index contributed by atoms with van der Waals surface area (Å²) < 4.78 is 0. The van der Waals surface area contributed by atoms with Gasteiger partial charge in [-0.15, -0.1) is 0 Å². The minimum atomic E-state index is -0.0977. The molecule has 1 aliphatic heterocycles. The Morgan fingerprint density at radius 3 is 2.25 bits per heavy atom. The number of pyridine rings is 1. The summed E-state index contributed by atoms with van der Waals surface area (Å²) in [7, 11) is 0. The van der Waals surface area contributed by atoms with Gasteiger partial charge in [0.05, 0.1) is 5.56 Å². The first kappa shape index (κ1) is 16.5. The third-order valence-corrected chi connectivity index (χ3v) is 4.34. The molecule has 1 amide bonds. The van der Waals surface area contributed by atoms with Gasteiger partial charge >= 0.3 is 0 Å². The number of anilines is 1. The number of piperazine rings is 1. The van der Waals surface area contributed by atoms with E-state index in [4.69, 9.17) is 11.6 Å². The Morgan fingerprint density at radius 1 is 0.958 bits per heavy atom. The van der Waals surface area contributed by atoms with Crippen LogP contribution < -0.4 is 4.90 Å². The molecule has 3 rings (SSSR count). The van der Waals surface area contributed by atoms with E-state index >= 15 is 0 Å². The Bertz CT molecular complexity index is 770. The average Bonchev–Trinajstić information content (AvgIpc) is 2.61. The fourth-order valence-corrected chi connectivity index (χ4v) is 3.02. The first-order valence-electron chi connectivity index (χ1n) is 7.83. The third kappa shape index (κ3) is 3.41. The zero-order valence-corrected chi connectivity index (χ0v) is 14.2.